The highest BCUT2D eigenvalue weighted by molar-refractivity contribution is 5.83. The number of carboxylic acid groups (broad SMARTS) is 1. The summed E-state index contributed by atoms with van der Waals surface area (Å²) in [5.74, 6) is -1.82. The van der Waals surface area contributed by atoms with Crippen molar-refractivity contribution in [3.63, 3.8) is 0 Å². The quantitative estimate of drug-likeness (QED) is 0.325. The molecule has 0 heterocycles. The normalized spacial score (nSPS) is 11.6. The van der Waals surface area contributed by atoms with Crippen molar-refractivity contribution in [2.75, 3.05) is 13.1 Å². The van der Waals surface area contributed by atoms with Crippen LogP contribution in [0.15, 0.2) is 0 Å². The third kappa shape index (κ3) is 8.03. The molecule has 0 saturated heterocycles. The lowest BCUT2D eigenvalue weighted by Crippen LogP contribution is -2.46. The van der Waals surface area contributed by atoms with Crippen LogP contribution >= 0.6 is 0 Å². The number of hydrogen-bond donors (Lipinski definition) is 5. The highest BCUT2D eigenvalue weighted by Gasteiger charge is 2.19. The van der Waals surface area contributed by atoms with E-state index in [1.54, 1.807) is 0 Å². The van der Waals surface area contributed by atoms with Crippen LogP contribution in [-0.2, 0) is 9.59 Å². The fourth-order valence-corrected chi connectivity index (χ4v) is 1.06. The number of primary amides is 1. The topological polar surface area (TPSA) is 148 Å². The van der Waals surface area contributed by atoms with E-state index in [1.807, 2.05) is 0 Å². The molecule has 0 fully saturated rings. The lowest BCUT2D eigenvalue weighted by atomic mass is 10.1. The first-order valence-electron chi connectivity index (χ1n) is 5.23. The summed E-state index contributed by atoms with van der Waals surface area (Å²) in [6.07, 6.45) is 0.474. The monoisotopic (exact) mass is 246 g/mol. The Morgan fingerprint density at radius 1 is 1.29 bits per heavy atom. The van der Waals surface area contributed by atoms with Gasteiger partial charge in [0.05, 0.1) is 0 Å². The number of urea groups is 1. The average Bonchev–Trinajstić information content (AvgIpc) is 2.23. The summed E-state index contributed by atoms with van der Waals surface area (Å²) in [6.45, 7) is 0.800. The second-order valence-electron chi connectivity index (χ2n) is 3.44. The number of nitrogens with two attached hydrogens (primary N) is 2. The summed E-state index contributed by atoms with van der Waals surface area (Å²) in [5.41, 5.74) is 10.1. The fraction of sp³-hybridized carbons (Fsp3) is 0.667. The molecule has 98 valence electrons. The Labute approximate surface area is 98.7 Å². The Balaban J connectivity index is 4.02. The van der Waals surface area contributed by atoms with Crippen molar-refractivity contribution in [2.24, 2.45) is 11.5 Å². The van der Waals surface area contributed by atoms with Crippen molar-refractivity contribution in [1.82, 2.24) is 10.6 Å². The average molecular weight is 246 g/mol. The van der Waals surface area contributed by atoms with Crippen LogP contribution in [0.2, 0.25) is 0 Å². The maximum Gasteiger partial charge on any atom is 0.326 e. The van der Waals surface area contributed by atoms with Gasteiger partial charge in [0.1, 0.15) is 6.04 Å². The van der Waals surface area contributed by atoms with Gasteiger partial charge in [0.15, 0.2) is 0 Å². The fourth-order valence-electron chi connectivity index (χ4n) is 1.06. The molecule has 0 aliphatic carbocycles. The van der Waals surface area contributed by atoms with E-state index in [1.165, 1.54) is 0 Å². The maximum absolute atomic E-state index is 11.2. The van der Waals surface area contributed by atoms with Crippen molar-refractivity contribution >= 4 is 17.9 Å². The molecule has 8 heteroatoms. The van der Waals surface area contributed by atoms with Crippen LogP contribution in [0.1, 0.15) is 19.3 Å². The molecule has 0 bridgehead atoms. The van der Waals surface area contributed by atoms with Gasteiger partial charge >= 0.3 is 12.0 Å². The summed E-state index contributed by atoms with van der Waals surface area (Å²) in [4.78, 5) is 32.5. The van der Waals surface area contributed by atoms with Crippen molar-refractivity contribution in [1.29, 1.82) is 0 Å². The Kier molecular flexibility index (Phi) is 7.44. The highest BCUT2D eigenvalue weighted by Crippen LogP contribution is 1.97. The number of nitrogens with one attached hydrogen (secondary N) is 2. The maximum atomic E-state index is 11.2. The predicted octanol–water partition coefficient (Wildman–Crippen LogP) is -1.65. The van der Waals surface area contributed by atoms with Gasteiger partial charge < -0.3 is 27.2 Å². The third-order valence-corrected chi connectivity index (χ3v) is 1.95. The van der Waals surface area contributed by atoms with E-state index in [0.717, 1.165) is 0 Å². The molecule has 1 atom stereocenters. The minimum Gasteiger partial charge on any atom is -0.480 e. The molecule has 0 aliphatic rings. The molecule has 17 heavy (non-hydrogen) atoms. The molecule has 0 aromatic heterocycles. The molecular weight excluding hydrogens is 228 g/mol. The molecule has 0 aromatic carbocycles. The smallest absolute Gasteiger partial charge is 0.326 e. The van der Waals surface area contributed by atoms with Crippen LogP contribution in [0.4, 0.5) is 4.79 Å². The molecule has 3 amide bonds. The van der Waals surface area contributed by atoms with Gasteiger partial charge in [-0.15, -0.1) is 0 Å². The van der Waals surface area contributed by atoms with Crippen molar-refractivity contribution < 1.29 is 19.5 Å². The molecule has 0 aromatic rings. The van der Waals surface area contributed by atoms with Crippen LogP contribution < -0.4 is 22.1 Å². The summed E-state index contributed by atoms with van der Waals surface area (Å²) in [7, 11) is 0. The van der Waals surface area contributed by atoms with Gasteiger partial charge in [-0.05, 0) is 19.4 Å². The number of rotatable bonds is 8. The first-order chi connectivity index (χ1) is 7.97. The van der Waals surface area contributed by atoms with E-state index >= 15 is 0 Å². The Morgan fingerprint density at radius 2 is 1.94 bits per heavy atom. The number of carbonyl (C=O) groups is 3. The molecule has 0 aliphatic heterocycles. The van der Waals surface area contributed by atoms with E-state index in [4.69, 9.17) is 16.6 Å². The van der Waals surface area contributed by atoms with Gasteiger partial charge in [0.2, 0.25) is 5.91 Å². The van der Waals surface area contributed by atoms with E-state index in [2.05, 4.69) is 10.6 Å². The SMILES string of the molecule is NCCCNC(=O)N[C@@H](CCC(N)=O)C(=O)O. The number of carboxylic acids is 1. The summed E-state index contributed by atoms with van der Waals surface area (Å²) < 4.78 is 0. The van der Waals surface area contributed by atoms with E-state index < -0.39 is 23.9 Å². The van der Waals surface area contributed by atoms with E-state index in [9.17, 15) is 14.4 Å². The zero-order valence-electron chi connectivity index (χ0n) is 9.44. The lowest BCUT2D eigenvalue weighted by Gasteiger charge is -2.14. The number of carbonyl (C=O) groups excluding carboxylic acids is 2. The summed E-state index contributed by atoms with van der Waals surface area (Å²) in [5, 5.41) is 13.5. The van der Waals surface area contributed by atoms with Gasteiger partial charge in [-0.3, -0.25) is 4.79 Å². The Morgan fingerprint density at radius 3 is 2.41 bits per heavy atom. The minimum atomic E-state index is -1.21. The van der Waals surface area contributed by atoms with Gasteiger partial charge in [0, 0.05) is 13.0 Å². The van der Waals surface area contributed by atoms with Crippen LogP contribution in [-0.4, -0.2) is 42.1 Å². The summed E-state index contributed by atoms with van der Waals surface area (Å²) >= 11 is 0. The van der Waals surface area contributed by atoms with Crippen LogP contribution in [0, 0.1) is 0 Å². The number of hydrogen-bond acceptors (Lipinski definition) is 4. The Bertz CT molecular complexity index is 282. The largest absolute Gasteiger partial charge is 0.480 e. The van der Waals surface area contributed by atoms with Crippen LogP contribution in [0.3, 0.4) is 0 Å². The summed E-state index contributed by atoms with van der Waals surface area (Å²) in [6, 6.07) is -1.73. The predicted molar refractivity (Wildman–Crippen MR) is 60.1 cm³/mol. The van der Waals surface area contributed by atoms with Crippen molar-refractivity contribution in [3.8, 4) is 0 Å². The van der Waals surface area contributed by atoms with E-state index in [-0.39, 0.29) is 12.8 Å². The molecule has 0 saturated carbocycles. The van der Waals surface area contributed by atoms with Gasteiger partial charge in [-0.1, -0.05) is 0 Å². The standard InChI is InChI=1S/C9H18N4O4/c10-4-1-5-12-9(17)13-6(8(15)16)2-3-7(11)14/h6H,1-5,10H2,(H2,11,14)(H,15,16)(H2,12,13,17)/t6-/m0/s1. The van der Waals surface area contributed by atoms with E-state index in [0.29, 0.717) is 19.5 Å². The van der Waals surface area contributed by atoms with Gasteiger partial charge in [-0.25, -0.2) is 9.59 Å². The van der Waals surface area contributed by atoms with Crippen LogP contribution in [0.25, 0.3) is 0 Å². The number of aliphatic carboxylic acids is 1. The molecular formula is C9H18N4O4. The van der Waals surface area contributed by atoms with Crippen molar-refractivity contribution in [3.05, 3.63) is 0 Å². The molecule has 0 rings (SSSR count). The van der Waals surface area contributed by atoms with Gasteiger partial charge in [0.25, 0.3) is 0 Å². The molecule has 0 unspecified atom stereocenters. The molecule has 7 N–H and O–H groups in total. The third-order valence-electron chi connectivity index (χ3n) is 1.95. The Hall–Kier alpha value is -1.83. The van der Waals surface area contributed by atoms with Gasteiger partial charge in [-0.2, -0.15) is 0 Å². The second kappa shape index (κ2) is 8.34. The highest BCUT2D eigenvalue weighted by atomic mass is 16.4. The zero-order valence-corrected chi connectivity index (χ0v) is 9.44. The molecule has 8 nitrogen and oxygen atoms in total. The number of amides is 3. The first kappa shape index (κ1) is 15.2. The van der Waals surface area contributed by atoms with Crippen LogP contribution in [0.5, 0.6) is 0 Å². The zero-order chi connectivity index (χ0) is 13.3. The van der Waals surface area contributed by atoms with Crippen molar-refractivity contribution in [2.45, 2.75) is 25.3 Å². The second-order valence-corrected chi connectivity index (χ2v) is 3.44. The molecule has 0 radical (unpaired) electrons. The first-order valence-corrected chi connectivity index (χ1v) is 5.23. The lowest BCUT2D eigenvalue weighted by molar-refractivity contribution is -0.139. The molecule has 0 spiro atoms. The minimum absolute atomic E-state index is 0.0328.